The van der Waals surface area contributed by atoms with Crippen molar-refractivity contribution in [2.75, 3.05) is 13.2 Å². The van der Waals surface area contributed by atoms with E-state index in [0.29, 0.717) is 18.7 Å². The Balaban J connectivity index is 1.89. The van der Waals surface area contributed by atoms with Gasteiger partial charge in [-0.15, -0.1) is 6.58 Å². The number of hydrogen-bond acceptors (Lipinski definition) is 3. The molecule has 0 aromatic carbocycles. The van der Waals surface area contributed by atoms with E-state index in [4.69, 9.17) is 4.74 Å². The number of amides is 1. The number of esters is 1. The van der Waals surface area contributed by atoms with Gasteiger partial charge < -0.3 is 9.64 Å². The van der Waals surface area contributed by atoms with E-state index < -0.39 is 0 Å². The van der Waals surface area contributed by atoms with Crippen LogP contribution in [0.3, 0.4) is 0 Å². The topological polar surface area (TPSA) is 46.6 Å². The molecule has 1 saturated heterocycles. The van der Waals surface area contributed by atoms with E-state index in [1.54, 1.807) is 24.1 Å². The van der Waals surface area contributed by atoms with Gasteiger partial charge in [-0.25, -0.2) is 4.79 Å². The molecule has 1 unspecified atom stereocenters. The summed E-state index contributed by atoms with van der Waals surface area (Å²) in [7, 11) is 0. The lowest BCUT2D eigenvalue weighted by molar-refractivity contribution is -0.139. The lowest BCUT2D eigenvalue weighted by atomic mass is 10.0. The van der Waals surface area contributed by atoms with Crippen molar-refractivity contribution in [3.05, 3.63) is 24.4 Å². The van der Waals surface area contributed by atoms with Crippen LogP contribution in [0.4, 0.5) is 0 Å². The van der Waals surface area contributed by atoms with Gasteiger partial charge in [0.1, 0.15) is 0 Å². The Morgan fingerprint density at radius 3 is 1.81 bits per heavy atom. The number of ether oxygens (including phenoxy) is 1. The van der Waals surface area contributed by atoms with E-state index in [9.17, 15) is 9.59 Å². The molecule has 0 saturated carbocycles. The summed E-state index contributed by atoms with van der Waals surface area (Å²) in [6.45, 7) is 8.78. The molecule has 1 amide bonds. The van der Waals surface area contributed by atoms with Crippen molar-refractivity contribution >= 4 is 11.9 Å². The van der Waals surface area contributed by atoms with Crippen molar-refractivity contribution in [3.8, 4) is 0 Å². The van der Waals surface area contributed by atoms with Gasteiger partial charge in [0.25, 0.3) is 0 Å². The van der Waals surface area contributed by atoms with Gasteiger partial charge in [-0.2, -0.15) is 0 Å². The molecule has 1 atom stereocenters. The summed E-state index contributed by atoms with van der Waals surface area (Å²) in [5, 5.41) is 0. The van der Waals surface area contributed by atoms with E-state index in [1.165, 1.54) is 89.9 Å². The van der Waals surface area contributed by atoms with Crippen LogP contribution < -0.4 is 0 Å². The van der Waals surface area contributed by atoms with Crippen LogP contribution in [0.2, 0.25) is 0 Å². The lowest BCUT2D eigenvalue weighted by Crippen LogP contribution is -2.22. The van der Waals surface area contributed by atoms with Crippen LogP contribution in [0.5, 0.6) is 0 Å². The SMILES string of the molecule is C=CC1CCN(/C=C(\C)C(=O)OCCCCCCCCCCCCCCCCCC)C1=O. The zero-order chi connectivity index (χ0) is 23.4. The van der Waals surface area contributed by atoms with Crippen molar-refractivity contribution in [1.29, 1.82) is 0 Å². The van der Waals surface area contributed by atoms with E-state index in [1.807, 2.05) is 0 Å². The van der Waals surface area contributed by atoms with Crippen LogP contribution in [0.25, 0.3) is 0 Å². The largest absolute Gasteiger partial charge is 0.462 e. The van der Waals surface area contributed by atoms with Crippen LogP contribution in [-0.4, -0.2) is 29.9 Å². The normalized spacial score (nSPS) is 16.6. The van der Waals surface area contributed by atoms with Crippen LogP contribution in [0.15, 0.2) is 24.4 Å². The fourth-order valence-electron chi connectivity index (χ4n) is 4.29. The van der Waals surface area contributed by atoms with Gasteiger partial charge in [-0.3, -0.25) is 4.79 Å². The first-order valence-corrected chi connectivity index (χ1v) is 13.4. The van der Waals surface area contributed by atoms with E-state index in [2.05, 4.69) is 13.5 Å². The molecule has 0 bridgehead atoms. The second-order valence-electron chi connectivity index (χ2n) is 9.41. The van der Waals surface area contributed by atoms with E-state index in [-0.39, 0.29) is 17.8 Å². The predicted molar refractivity (Wildman–Crippen MR) is 134 cm³/mol. The van der Waals surface area contributed by atoms with Crippen LogP contribution in [-0.2, 0) is 14.3 Å². The fourth-order valence-corrected chi connectivity index (χ4v) is 4.29. The van der Waals surface area contributed by atoms with Gasteiger partial charge in [0, 0.05) is 12.7 Å². The minimum atomic E-state index is -0.319. The molecule has 0 spiro atoms. The van der Waals surface area contributed by atoms with Crippen molar-refractivity contribution in [2.45, 2.75) is 123 Å². The smallest absolute Gasteiger partial charge is 0.335 e. The maximum absolute atomic E-state index is 12.1. The molecule has 0 aromatic rings. The zero-order valence-electron chi connectivity index (χ0n) is 21.0. The summed E-state index contributed by atoms with van der Waals surface area (Å²) < 4.78 is 5.36. The summed E-state index contributed by atoms with van der Waals surface area (Å²) >= 11 is 0. The summed E-state index contributed by atoms with van der Waals surface area (Å²) in [5.74, 6) is -0.425. The molecule has 0 N–H and O–H groups in total. The molecule has 184 valence electrons. The van der Waals surface area contributed by atoms with Crippen molar-refractivity contribution in [2.24, 2.45) is 5.92 Å². The molecule has 0 aliphatic carbocycles. The zero-order valence-corrected chi connectivity index (χ0v) is 21.0. The highest BCUT2D eigenvalue weighted by Crippen LogP contribution is 2.20. The molecule has 0 radical (unpaired) electrons. The molecule has 32 heavy (non-hydrogen) atoms. The standard InChI is InChI=1S/C28H49NO3/c1-4-6-7-8-9-10-11-12-13-14-15-16-17-18-19-20-23-32-28(31)25(3)24-29-22-21-26(5-2)27(29)30/h5,24,26H,2,4,6-23H2,1,3H3/b25-24+. The van der Waals surface area contributed by atoms with E-state index >= 15 is 0 Å². The Labute approximate surface area is 197 Å². The summed E-state index contributed by atoms with van der Waals surface area (Å²) in [5.41, 5.74) is 0.486. The first-order valence-electron chi connectivity index (χ1n) is 13.4. The third-order valence-corrected chi connectivity index (χ3v) is 6.47. The Morgan fingerprint density at radius 1 is 0.906 bits per heavy atom. The van der Waals surface area contributed by atoms with Gasteiger partial charge >= 0.3 is 5.97 Å². The van der Waals surface area contributed by atoms with Gasteiger partial charge in [-0.05, 0) is 19.8 Å². The number of rotatable bonds is 20. The highest BCUT2D eigenvalue weighted by atomic mass is 16.5. The van der Waals surface area contributed by atoms with E-state index in [0.717, 1.165) is 19.3 Å². The number of likely N-dealkylation sites (tertiary alicyclic amines) is 1. The number of carbonyl (C=O) groups excluding carboxylic acids is 2. The molecule has 0 aromatic heterocycles. The lowest BCUT2D eigenvalue weighted by Gasteiger charge is -2.12. The van der Waals surface area contributed by atoms with Crippen LogP contribution in [0.1, 0.15) is 123 Å². The highest BCUT2D eigenvalue weighted by molar-refractivity contribution is 5.89. The monoisotopic (exact) mass is 447 g/mol. The van der Waals surface area contributed by atoms with Gasteiger partial charge in [-0.1, -0.05) is 109 Å². The minimum absolute atomic E-state index is 0.0185. The number of carbonyl (C=O) groups is 2. The Morgan fingerprint density at radius 2 is 1.38 bits per heavy atom. The first-order chi connectivity index (χ1) is 15.6. The molecule has 4 nitrogen and oxygen atoms in total. The summed E-state index contributed by atoms with van der Waals surface area (Å²) in [4.78, 5) is 25.8. The minimum Gasteiger partial charge on any atom is -0.462 e. The summed E-state index contributed by atoms with van der Waals surface area (Å²) in [6, 6.07) is 0. The quantitative estimate of drug-likeness (QED) is 0.0830. The predicted octanol–water partition coefficient (Wildman–Crippen LogP) is 7.73. The molecule has 1 aliphatic heterocycles. The molecular formula is C28H49NO3. The van der Waals surface area contributed by atoms with Crippen molar-refractivity contribution in [1.82, 2.24) is 4.90 Å². The van der Waals surface area contributed by atoms with Crippen molar-refractivity contribution < 1.29 is 14.3 Å². The Kier molecular flexibility index (Phi) is 16.8. The average Bonchev–Trinajstić information content (AvgIpc) is 3.14. The second kappa shape index (κ2) is 18.9. The highest BCUT2D eigenvalue weighted by Gasteiger charge is 2.28. The molecule has 1 fully saturated rings. The molecule has 1 rings (SSSR count). The first kappa shape index (κ1) is 28.5. The number of nitrogens with zero attached hydrogens (tertiary/aromatic N) is 1. The van der Waals surface area contributed by atoms with Gasteiger partial charge in [0.2, 0.25) is 5.91 Å². The second-order valence-corrected chi connectivity index (χ2v) is 9.41. The molecular weight excluding hydrogens is 398 g/mol. The summed E-state index contributed by atoms with van der Waals surface area (Å²) in [6.07, 6.45) is 25.3. The fraction of sp³-hybridized carbons (Fsp3) is 0.786. The Hall–Kier alpha value is -1.58. The van der Waals surface area contributed by atoms with Gasteiger partial charge in [0.05, 0.1) is 18.1 Å². The molecule has 1 aliphatic rings. The third kappa shape index (κ3) is 13.1. The Bertz CT molecular complexity index is 555. The molecule has 4 heteroatoms. The van der Waals surface area contributed by atoms with Gasteiger partial charge in [0.15, 0.2) is 0 Å². The maximum Gasteiger partial charge on any atom is 0.335 e. The van der Waals surface area contributed by atoms with Crippen LogP contribution >= 0.6 is 0 Å². The number of hydrogen-bond donors (Lipinski definition) is 0. The number of unbranched alkanes of at least 4 members (excludes halogenated alkanes) is 15. The maximum atomic E-state index is 12.1. The third-order valence-electron chi connectivity index (χ3n) is 6.47. The molecule has 1 heterocycles. The van der Waals surface area contributed by atoms with Crippen molar-refractivity contribution in [3.63, 3.8) is 0 Å². The van der Waals surface area contributed by atoms with Crippen LogP contribution in [0, 0.1) is 5.92 Å². The average molecular weight is 448 g/mol.